The fourth-order valence-electron chi connectivity index (χ4n) is 3.33. The number of amides is 3. The largest absolute Gasteiger partial charge is 0.379 e. The molecule has 9 heteroatoms. The Morgan fingerprint density at radius 3 is 2.87 bits per heavy atom. The Kier molecular flexibility index (Phi) is 5.31. The van der Waals surface area contributed by atoms with Crippen LogP contribution in [0.2, 0.25) is 0 Å². The molecule has 1 N–H and O–H groups in total. The van der Waals surface area contributed by atoms with Gasteiger partial charge in [-0.05, 0) is 12.8 Å². The Labute approximate surface area is 135 Å². The van der Waals surface area contributed by atoms with Crippen LogP contribution in [0.25, 0.3) is 0 Å². The Morgan fingerprint density at radius 2 is 2.13 bits per heavy atom. The van der Waals surface area contributed by atoms with Gasteiger partial charge in [0, 0.05) is 26.2 Å². The number of ether oxygens (including phenoxy) is 1. The maximum atomic E-state index is 12.3. The number of morpholine rings is 1. The molecule has 3 aliphatic heterocycles. The first-order chi connectivity index (χ1) is 11.2. The SMILES string of the molecule is CON1C(=O)N2C[C@H]1CC[C@H]2C(=O)NOCCN1CCOCC1. The molecule has 130 valence electrons. The third-order valence-electron chi connectivity index (χ3n) is 4.61. The lowest BCUT2D eigenvalue weighted by Crippen LogP contribution is -2.50. The number of hydroxylamine groups is 3. The van der Waals surface area contributed by atoms with Crippen LogP contribution in [-0.2, 0) is 19.2 Å². The van der Waals surface area contributed by atoms with E-state index in [-0.39, 0.29) is 18.0 Å². The minimum absolute atomic E-state index is 0.0405. The van der Waals surface area contributed by atoms with Crippen LogP contribution < -0.4 is 5.48 Å². The van der Waals surface area contributed by atoms with Crippen molar-refractivity contribution in [1.82, 2.24) is 20.3 Å². The zero-order chi connectivity index (χ0) is 16.2. The first-order valence-electron chi connectivity index (χ1n) is 8.06. The van der Waals surface area contributed by atoms with E-state index in [9.17, 15) is 9.59 Å². The molecule has 0 unspecified atom stereocenters. The van der Waals surface area contributed by atoms with Crippen LogP contribution in [0.1, 0.15) is 12.8 Å². The van der Waals surface area contributed by atoms with Gasteiger partial charge in [-0.2, -0.15) is 5.06 Å². The van der Waals surface area contributed by atoms with Crippen molar-refractivity contribution in [3.8, 4) is 0 Å². The van der Waals surface area contributed by atoms with Crippen molar-refractivity contribution in [3.05, 3.63) is 0 Å². The van der Waals surface area contributed by atoms with Gasteiger partial charge < -0.3 is 9.64 Å². The highest BCUT2D eigenvalue weighted by atomic mass is 16.7. The fourth-order valence-corrected chi connectivity index (χ4v) is 3.33. The van der Waals surface area contributed by atoms with Gasteiger partial charge in [0.15, 0.2) is 0 Å². The average Bonchev–Trinajstić information content (AvgIpc) is 2.83. The summed E-state index contributed by atoms with van der Waals surface area (Å²) in [7, 11) is 1.48. The molecule has 2 atom stereocenters. The van der Waals surface area contributed by atoms with Crippen LogP contribution in [-0.4, -0.2) is 92.0 Å². The number of fused-ring (bicyclic) bond motifs is 2. The number of carbonyl (C=O) groups excluding carboxylic acids is 2. The standard InChI is InChI=1S/C14H24N4O5/c1-21-18-11-2-3-12(17(10-11)14(18)20)13(19)15-23-9-6-16-4-7-22-8-5-16/h11-12H,2-10H2,1H3,(H,15,19)/t11-,12+/m1/s1. The minimum Gasteiger partial charge on any atom is -0.379 e. The summed E-state index contributed by atoms with van der Waals surface area (Å²) >= 11 is 0. The molecule has 0 saturated carbocycles. The molecule has 0 aromatic rings. The lowest BCUT2D eigenvalue weighted by molar-refractivity contribution is -0.139. The van der Waals surface area contributed by atoms with E-state index in [4.69, 9.17) is 14.4 Å². The van der Waals surface area contributed by atoms with Crippen LogP contribution in [0.4, 0.5) is 4.79 Å². The summed E-state index contributed by atoms with van der Waals surface area (Å²) < 4.78 is 5.28. The molecule has 3 fully saturated rings. The van der Waals surface area contributed by atoms with E-state index in [1.807, 2.05) is 0 Å². The van der Waals surface area contributed by atoms with Gasteiger partial charge in [0.1, 0.15) is 6.04 Å². The lowest BCUT2D eigenvalue weighted by Gasteiger charge is -2.29. The van der Waals surface area contributed by atoms with Crippen LogP contribution >= 0.6 is 0 Å². The number of rotatable bonds is 6. The zero-order valence-electron chi connectivity index (χ0n) is 13.4. The second kappa shape index (κ2) is 7.43. The molecular weight excluding hydrogens is 304 g/mol. The predicted octanol–water partition coefficient (Wildman–Crippen LogP) is -0.804. The maximum absolute atomic E-state index is 12.3. The summed E-state index contributed by atoms with van der Waals surface area (Å²) in [5.74, 6) is -0.267. The van der Waals surface area contributed by atoms with Crippen LogP contribution in [0.5, 0.6) is 0 Å². The van der Waals surface area contributed by atoms with Gasteiger partial charge >= 0.3 is 6.03 Å². The summed E-state index contributed by atoms with van der Waals surface area (Å²) in [6.45, 7) is 4.94. The van der Waals surface area contributed by atoms with E-state index in [0.29, 0.717) is 19.6 Å². The molecule has 2 bridgehead atoms. The first-order valence-corrected chi connectivity index (χ1v) is 8.06. The Balaban J connectivity index is 1.41. The zero-order valence-corrected chi connectivity index (χ0v) is 13.4. The number of hydrogen-bond donors (Lipinski definition) is 1. The number of carbonyl (C=O) groups is 2. The van der Waals surface area contributed by atoms with Crippen LogP contribution in [0, 0.1) is 0 Å². The molecule has 0 aliphatic carbocycles. The molecule has 0 aromatic carbocycles. The van der Waals surface area contributed by atoms with E-state index >= 15 is 0 Å². The molecule has 9 nitrogen and oxygen atoms in total. The maximum Gasteiger partial charge on any atom is 0.345 e. The third-order valence-corrected chi connectivity index (χ3v) is 4.61. The highest BCUT2D eigenvalue weighted by Crippen LogP contribution is 2.29. The quantitative estimate of drug-likeness (QED) is 0.507. The van der Waals surface area contributed by atoms with E-state index in [0.717, 1.165) is 39.3 Å². The number of nitrogens with one attached hydrogen (secondary N) is 1. The Morgan fingerprint density at radius 1 is 1.35 bits per heavy atom. The van der Waals surface area contributed by atoms with Crippen LogP contribution in [0.15, 0.2) is 0 Å². The summed E-state index contributed by atoms with van der Waals surface area (Å²) in [4.78, 5) is 38.6. The molecule has 23 heavy (non-hydrogen) atoms. The van der Waals surface area contributed by atoms with E-state index < -0.39 is 6.04 Å². The van der Waals surface area contributed by atoms with Gasteiger partial charge in [0.2, 0.25) is 0 Å². The second-order valence-electron chi connectivity index (χ2n) is 5.96. The van der Waals surface area contributed by atoms with Crippen molar-refractivity contribution < 1.29 is 24.0 Å². The molecule has 3 amide bonds. The van der Waals surface area contributed by atoms with E-state index in [2.05, 4.69) is 10.4 Å². The fraction of sp³-hybridized carbons (Fsp3) is 0.857. The van der Waals surface area contributed by atoms with Gasteiger partial charge in [-0.1, -0.05) is 0 Å². The van der Waals surface area contributed by atoms with Gasteiger partial charge in [0.05, 0.1) is 33.0 Å². The Hall–Kier alpha value is -1.42. The number of hydrogen-bond acceptors (Lipinski definition) is 6. The summed E-state index contributed by atoms with van der Waals surface area (Å²) in [6.07, 6.45) is 1.37. The molecule has 3 heterocycles. The Bertz CT molecular complexity index is 443. The molecule has 0 radical (unpaired) electrons. The van der Waals surface area contributed by atoms with Crippen molar-refractivity contribution in [2.45, 2.75) is 24.9 Å². The van der Waals surface area contributed by atoms with Gasteiger partial charge in [-0.25, -0.2) is 10.3 Å². The summed E-state index contributed by atoms with van der Waals surface area (Å²) in [6, 6.07) is -0.690. The number of piperidine rings is 1. The van der Waals surface area contributed by atoms with Crippen molar-refractivity contribution in [3.63, 3.8) is 0 Å². The monoisotopic (exact) mass is 328 g/mol. The predicted molar refractivity (Wildman–Crippen MR) is 79.1 cm³/mol. The van der Waals surface area contributed by atoms with E-state index in [1.54, 1.807) is 4.90 Å². The highest BCUT2D eigenvalue weighted by Gasteiger charge is 2.47. The van der Waals surface area contributed by atoms with Crippen molar-refractivity contribution in [1.29, 1.82) is 0 Å². The van der Waals surface area contributed by atoms with Crippen LogP contribution in [0.3, 0.4) is 0 Å². The van der Waals surface area contributed by atoms with Crippen molar-refractivity contribution in [2.24, 2.45) is 0 Å². The normalized spacial score (nSPS) is 28.3. The average molecular weight is 328 g/mol. The highest BCUT2D eigenvalue weighted by molar-refractivity contribution is 5.87. The summed E-state index contributed by atoms with van der Waals surface area (Å²) in [5.41, 5.74) is 2.48. The van der Waals surface area contributed by atoms with Crippen molar-refractivity contribution >= 4 is 11.9 Å². The lowest BCUT2D eigenvalue weighted by atomic mass is 10.0. The smallest absolute Gasteiger partial charge is 0.345 e. The first kappa shape index (κ1) is 16.4. The van der Waals surface area contributed by atoms with E-state index in [1.165, 1.54) is 12.2 Å². The van der Waals surface area contributed by atoms with Gasteiger partial charge in [-0.15, -0.1) is 0 Å². The molecule has 3 aliphatic rings. The second-order valence-corrected chi connectivity index (χ2v) is 5.96. The number of urea groups is 1. The molecule has 0 spiro atoms. The third kappa shape index (κ3) is 3.57. The van der Waals surface area contributed by atoms with Gasteiger partial charge in [0.25, 0.3) is 5.91 Å². The molecule has 3 rings (SSSR count). The molecular formula is C14H24N4O5. The number of nitrogens with zero attached hydrogens (tertiary/aromatic N) is 3. The minimum atomic E-state index is -0.484. The molecule has 0 aromatic heterocycles. The van der Waals surface area contributed by atoms with Gasteiger partial charge in [-0.3, -0.25) is 19.4 Å². The van der Waals surface area contributed by atoms with Crippen molar-refractivity contribution in [2.75, 3.05) is 53.1 Å². The summed E-state index contributed by atoms with van der Waals surface area (Å²) in [5, 5.41) is 1.35. The molecule has 3 saturated heterocycles. The topological polar surface area (TPSA) is 83.6 Å².